The molecule has 0 aliphatic carbocycles. The van der Waals surface area contributed by atoms with Crippen molar-refractivity contribution in [1.82, 2.24) is 4.98 Å². The molecule has 4 aromatic rings. The van der Waals surface area contributed by atoms with Crippen LogP contribution in [0.2, 0.25) is 0 Å². The first-order chi connectivity index (χ1) is 14.4. The van der Waals surface area contributed by atoms with Crippen LogP contribution in [0.25, 0.3) is 10.2 Å². The molecule has 0 fully saturated rings. The summed E-state index contributed by atoms with van der Waals surface area (Å²) in [4.78, 5) is 20.1. The van der Waals surface area contributed by atoms with Crippen molar-refractivity contribution in [2.45, 2.75) is 40.7 Å². The number of amides is 1. The summed E-state index contributed by atoms with van der Waals surface area (Å²) in [5.74, 6) is 0.0645. The lowest BCUT2D eigenvalue weighted by Crippen LogP contribution is -2.31. The predicted octanol–water partition coefficient (Wildman–Crippen LogP) is 6.31. The first kappa shape index (κ1) is 20.3. The van der Waals surface area contributed by atoms with Gasteiger partial charge in [0.1, 0.15) is 0 Å². The maximum absolute atomic E-state index is 13.4. The van der Waals surface area contributed by atoms with Crippen LogP contribution in [0.15, 0.2) is 60.7 Å². The Labute approximate surface area is 182 Å². The van der Waals surface area contributed by atoms with E-state index in [9.17, 15) is 4.79 Å². The fraction of sp³-hybridized carbons (Fsp3) is 0.231. The molecule has 0 atom stereocenters. The van der Waals surface area contributed by atoms with Crippen LogP contribution < -0.4 is 4.90 Å². The summed E-state index contributed by atoms with van der Waals surface area (Å²) in [7, 11) is 0. The Hall–Kier alpha value is -2.98. The van der Waals surface area contributed by atoms with Crippen molar-refractivity contribution < 1.29 is 4.79 Å². The van der Waals surface area contributed by atoms with Crippen molar-refractivity contribution in [2.24, 2.45) is 0 Å². The first-order valence-corrected chi connectivity index (χ1v) is 11.0. The predicted molar refractivity (Wildman–Crippen MR) is 126 cm³/mol. The molecular formula is C26H26N2OS. The zero-order chi connectivity index (χ0) is 21.3. The molecule has 0 saturated heterocycles. The van der Waals surface area contributed by atoms with Crippen LogP contribution in [-0.4, -0.2) is 10.9 Å². The quantitative estimate of drug-likeness (QED) is 0.384. The highest BCUT2D eigenvalue weighted by Crippen LogP contribution is 2.32. The molecule has 152 valence electrons. The second-order valence-electron chi connectivity index (χ2n) is 7.96. The molecule has 0 aliphatic heterocycles. The summed E-state index contributed by atoms with van der Waals surface area (Å²) in [6.07, 6.45) is 0.363. The van der Waals surface area contributed by atoms with E-state index in [1.54, 1.807) is 11.3 Å². The molecular weight excluding hydrogens is 388 g/mol. The number of aryl methyl sites for hydroxylation is 4. The molecule has 0 N–H and O–H groups in total. The van der Waals surface area contributed by atoms with E-state index in [4.69, 9.17) is 4.98 Å². The van der Waals surface area contributed by atoms with Gasteiger partial charge in [0.05, 0.1) is 23.2 Å². The molecule has 0 saturated carbocycles. The van der Waals surface area contributed by atoms with Gasteiger partial charge in [-0.25, -0.2) is 4.98 Å². The van der Waals surface area contributed by atoms with Gasteiger partial charge in [-0.3, -0.25) is 9.69 Å². The van der Waals surface area contributed by atoms with Crippen molar-refractivity contribution >= 4 is 32.6 Å². The van der Waals surface area contributed by atoms with Crippen LogP contribution in [0.4, 0.5) is 5.13 Å². The molecule has 3 nitrogen and oxygen atoms in total. The monoisotopic (exact) mass is 414 g/mol. The maximum atomic E-state index is 13.4. The van der Waals surface area contributed by atoms with Crippen molar-refractivity contribution in [3.8, 4) is 0 Å². The number of carbonyl (C=O) groups excluding carboxylic acids is 1. The summed E-state index contributed by atoms with van der Waals surface area (Å²) in [6, 6.07) is 20.6. The minimum Gasteiger partial charge on any atom is -0.283 e. The highest BCUT2D eigenvalue weighted by Gasteiger charge is 2.21. The third-order valence-electron chi connectivity index (χ3n) is 5.63. The zero-order valence-corrected chi connectivity index (χ0v) is 18.7. The molecule has 3 aromatic carbocycles. The average Bonchev–Trinajstić information content (AvgIpc) is 3.12. The van der Waals surface area contributed by atoms with Gasteiger partial charge in [-0.1, -0.05) is 59.9 Å². The van der Waals surface area contributed by atoms with Gasteiger partial charge in [-0.05, 0) is 73.2 Å². The first-order valence-electron chi connectivity index (χ1n) is 10.2. The van der Waals surface area contributed by atoms with Crippen LogP contribution in [-0.2, 0) is 17.8 Å². The van der Waals surface area contributed by atoms with Gasteiger partial charge in [0.25, 0.3) is 0 Å². The largest absolute Gasteiger partial charge is 0.283 e. The van der Waals surface area contributed by atoms with Gasteiger partial charge < -0.3 is 0 Å². The molecule has 1 amide bonds. The van der Waals surface area contributed by atoms with Gasteiger partial charge in [0, 0.05) is 0 Å². The number of nitrogens with zero attached hydrogens (tertiary/aromatic N) is 2. The van der Waals surface area contributed by atoms with Gasteiger partial charge in [-0.15, -0.1) is 0 Å². The van der Waals surface area contributed by atoms with E-state index in [-0.39, 0.29) is 5.91 Å². The molecule has 0 unspecified atom stereocenters. The molecule has 4 rings (SSSR count). The number of hydrogen-bond donors (Lipinski definition) is 0. The lowest BCUT2D eigenvalue weighted by molar-refractivity contribution is -0.118. The number of anilines is 1. The number of fused-ring (bicyclic) bond motifs is 1. The van der Waals surface area contributed by atoms with E-state index in [1.807, 2.05) is 29.2 Å². The standard InChI is InChI=1S/C26H26N2OS/c1-17-10-11-22(12-18(17)2)15-25(29)28(16-21-8-6-5-7-9-21)26-27-23-13-19(3)20(4)14-24(23)30-26/h5-14H,15-16H2,1-4H3. The van der Waals surface area contributed by atoms with Crippen LogP contribution >= 0.6 is 11.3 Å². The maximum Gasteiger partial charge on any atom is 0.233 e. The van der Waals surface area contributed by atoms with Gasteiger partial charge in [0.2, 0.25) is 5.91 Å². The Morgan fingerprint density at radius 1 is 0.833 bits per heavy atom. The molecule has 4 heteroatoms. The highest BCUT2D eigenvalue weighted by molar-refractivity contribution is 7.22. The Morgan fingerprint density at radius 2 is 1.53 bits per heavy atom. The van der Waals surface area contributed by atoms with Crippen LogP contribution in [0.5, 0.6) is 0 Å². The fourth-order valence-electron chi connectivity index (χ4n) is 3.50. The SMILES string of the molecule is Cc1ccc(CC(=O)N(Cc2ccccc2)c2nc3cc(C)c(C)cc3s2)cc1C. The van der Waals surface area contributed by atoms with E-state index >= 15 is 0 Å². The normalized spacial score (nSPS) is 11.1. The topological polar surface area (TPSA) is 33.2 Å². The molecule has 0 aliphatic rings. The summed E-state index contributed by atoms with van der Waals surface area (Å²) in [6.45, 7) is 8.90. The Morgan fingerprint density at radius 3 is 2.27 bits per heavy atom. The second kappa shape index (κ2) is 8.41. The number of thiazole rings is 1. The molecule has 0 radical (unpaired) electrons. The Balaban J connectivity index is 1.70. The van der Waals surface area contributed by atoms with Crippen LogP contribution in [0.1, 0.15) is 33.4 Å². The molecule has 30 heavy (non-hydrogen) atoms. The zero-order valence-electron chi connectivity index (χ0n) is 17.9. The van der Waals surface area contributed by atoms with E-state index in [0.29, 0.717) is 13.0 Å². The van der Waals surface area contributed by atoms with Gasteiger partial charge >= 0.3 is 0 Å². The fourth-order valence-corrected chi connectivity index (χ4v) is 4.56. The Kier molecular flexibility index (Phi) is 5.69. The summed E-state index contributed by atoms with van der Waals surface area (Å²) >= 11 is 1.59. The molecule has 1 heterocycles. The third kappa shape index (κ3) is 4.29. The van der Waals surface area contributed by atoms with Crippen LogP contribution in [0, 0.1) is 27.7 Å². The second-order valence-corrected chi connectivity index (χ2v) is 8.97. The summed E-state index contributed by atoms with van der Waals surface area (Å²) in [5.41, 5.74) is 8.00. The lowest BCUT2D eigenvalue weighted by Gasteiger charge is -2.20. The number of benzene rings is 3. The molecule has 0 spiro atoms. The minimum atomic E-state index is 0.0645. The number of rotatable bonds is 5. The van der Waals surface area contributed by atoms with Crippen molar-refractivity contribution in [3.05, 3.63) is 94.0 Å². The number of carbonyl (C=O) groups is 1. The molecule has 1 aromatic heterocycles. The number of hydrogen-bond acceptors (Lipinski definition) is 3. The van der Waals surface area contributed by atoms with Crippen LogP contribution in [0.3, 0.4) is 0 Å². The van der Waals surface area contributed by atoms with Gasteiger partial charge in [0.15, 0.2) is 5.13 Å². The van der Waals surface area contributed by atoms with E-state index in [2.05, 4.69) is 64.1 Å². The highest BCUT2D eigenvalue weighted by atomic mass is 32.1. The van der Waals surface area contributed by atoms with Crippen molar-refractivity contribution in [1.29, 1.82) is 0 Å². The average molecular weight is 415 g/mol. The minimum absolute atomic E-state index is 0.0645. The third-order valence-corrected chi connectivity index (χ3v) is 6.68. The van der Waals surface area contributed by atoms with E-state index in [0.717, 1.165) is 26.5 Å². The lowest BCUT2D eigenvalue weighted by atomic mass is 10.0. The van der Waals surface area contributed by atoms with Gasteiger partial charge in [-0.2, -0.15) is 0 Å². The van der Waals surface area contributed by atoms with Crippen molar-refractivity contribution in [3.63, 3.8) is 0 Å². The summed E-state index contributed by atoms with van der Waals surface area (Å²) < 4.78 is 1.12. The molecule has 0 bridgehead atoms. The van der Waals surface area contributed by atoms with E-state index in [1.165, 1.54) is 22.3 Å². The smallest absolute Gasteiger partial charge is 0.233 e. The van der Waals surface area contributed by atoms with Crippen molar-refractivity contribution in [2.75, 3.05) is 4.90 Å². The Bertz CT molecular complexity index is 1170. The van der Waals surface area contributed by atoms with E-state index < -0.39 is 0 Å². The number of aromatic nitrogens is 1. The summed E-state index contributed by atoms with van der Waals surface area (Å²) in [5, 5.41) is 0.757.